The molecule has 0 spiro atoms. The second-order valence-corrected chi connectivity index (χ2v) is 4.46. The number of carbonyl (C=O) groups is 1. The van der Waals surface area contributed by atoms with Gasteiger partial charge in [0.25, 0.3) is 0 Å². The zero-order chi connectivity index (χ0) is 12.3. The fourth-order valence-electron chi connectivity index (χ4n) is 2.07. The first-order chi connectivity index (χ1) is 8.20. The summed E-state index contributed by atoms with van der Waals surface area (Å²) >= 11 is 0. The highest BCUT2D eigenvalue weighted by Gasteiger charge is 2.29. The molecule has 1 aromatic rings. The van der Waals surface area contributed by atoms with Crippen LogP contribution in [0, 0.1) is 11.8 Å². The quantitative estimate of drug-likeness (QED) is 0.833. The number of rotatable bonds is 3. The average molecular weight is 234 g/mol. The summed E-state index contributed by atoms with van der Waals surface area (Å²) in [5.41, 5.74) is 0.815. The number of methoxy groups -OCH3 is 1. The molecule has 1 aliphatic heterocycles. The maximum Gasteiger partial charge on any atom is 0.229 e. The standard InChI is InChI=1S/C13H18N2O2/c1-9-7-14-8-12(9)13(16)15-10-3-5-11(17-2)6-4-10/h3-6,9,12,14H,7-8H2,1-2H3,(H,15,16). The van der Waals surface area contributed by atoms with Crippen LogP contribution in [-0.2, 0) is 4.79 Å². The number of amides is 1. The molecule has 0 radical (unpaired) electrons. The molecule has 4 nitrogen and oxygen atoms in total. The lowest BCUT2D eigenvalue weighted by Crippen LogP contribution is -2.27. The summed E-state index contributed by atoms with van der Waals surface area (Å²) in [5.74, 6) is 1.34. The first-order valence-corrected chi connectivity index (χ1v) is 5.86. The molecule has 2 N–H and O–H groups in total. The van der Waals surface area contributed by atoms with Crippen molar-refractivity contribution in [1.29, 1.82) is 0 Å². The Morgan fingerprint density at radius 1 is 1.35 bits per heavy atom. The lowest BCUT2D eigenvalue weighted by atomic mass is 9.97. The molecule has 2 atom stereocenters. The van der Waals surface area contributed by atoms with E-state index >= 15 is 0 Å². The van der Waals surface area contributed by atoms with E-state index in [9.17, 15) is 4.79 Å². The normalized spacial score (nSPS) is 23.4. The molecule has 4 heteroatoms. The Morgan fingerprint density at radius 3 is 2.59 bits per heavy atom. The summed E-state index contributed by atoms with van der Waals surface area (Å²) in [4.78, 5) is 12.0. The maximum absolute atomic E-state index is 12.0. The topological polar surface area (TPSA) is 50.4 Å². The lowest BCUT2D eigenvalue weighted by molar-refractivity contribution is -0.120. The van der Waals surface area contributed by atoms with Crippen LogP contribution in [0.5, 0.6) is 5.75 Å². The first kappa shape index (κ1) is 11.9. The van der Waals surface area contributed by atoms with Crippen LogP contribution in [0.3, 0.4) is 0 Å². The predicted octanol–water partition coefficient (Wildman–Crippen LogP) is 1.49. The van der Waals surface area contributed by atoms with Crippen LogP contribution < -0.4 is 15.4 Å². The third-order valence-electron chi connectivity index (χ3n) is 3.21. The second-order valence-electron chi connectivity index (χ2n) is 4.46. The summed E-state index contributed by atoms with van der Waals surface area (Å²) in [6.07, 6.45) is 0. The minimum absolute atomic E-state index is 0.0668. The molecule has 0 aromatic heterocycles. The molecule has 0 saturated carbocycles. The fourth-order valence-corrected chi connectivity index (χ4v) is 2.07. The summed E-state index contributed by atoms with van der Waals surface area (Å²) < 4.78 is 5.07. The molecule has 1 aromatic carbocycles. The highest BCUT2D eigenvalue weighted by molar-refractivity contribution is 5.93. The van der Waals surface area contributed by atoms with Crippen molar-refractivity contribution in [1.82, 2.24) is 5.32 Å². The number of ether oxygens (including phenoxy) is 1. The summed E-state index contributed by atoms with van der Waals surface area (Å²) in [5, 5.41) is 6.16. The van der Waals surface area contributed by atoms with Gasteiger partial charge in [-0.25, -0.2) is 0 Å². The molecule has 1 aliphatic rings. The molecule has 1 amide bonds. The Morgan fingerprint density at radius 2 is 2.06 bits per heavy atom. The van der Waals surface area contributed by atoms with Crippen LogP contribution in [0.15, 0.2) is 24.3 Å². The van der Waals surface area contributed by atoms with Crippen molar-refractivity contribution < 1.29 is 9.53 Å². The van der Waals surface area contributed by atoms with E-state index in [0.717, 1.165) is 24.5 Å². The molecule has 17 heavy (non-hydrogen) atoms. The van der Waals surface area contributed by atoms with Crippen molar-refractivity contribution in [2.75, 3.05) is 25.5 Å². The van der Waals surface area contributed by atoms with E-state index in [2.05, 4.69) is 17.6 Å². The van der Waals surface area contributed by atoms with Crippen molar-refractivity contribution in [3.8, 4) is 5.75 Å². The Balaban J connectivity index is 1.97. The number of nitrogens with one attached hydrogen (secondary N) is 2. The van der Waals surface area contributed by atoms with Crippen LogP contribution in [0.4, 0.5) is 5.69 Å². The highest BCUT2D eigenvalue weighted by Crippen LogP contribution is 2.20. The van der Waals surface area contributed by atoms with E-state index in [1.165, 1.54) is 0 Å². The van der Waals surface area contributed by atoms with Gasteiger partial charge < -0.3 is 15.4 Å². The predicted molar refractivity (Wildman–Crippen MR) is 67.1 cm³/mol. The van der Waals surface area contributed by atoms with E-state index in [4.69, 9.17) is 4.74 Å². The van der Waals surface area contributed by atoms with Gasteiger partial charge in [0.1, 0.15) is 5.75 Å². The minimum atomic E-state index is 0.0668. The monoisotopic (exact) mass is 234 g/mol. The summed E-state index contributed by atoms with van der Waals surface area (Å²) in [7, 11) is 1.62. The van der Waals surface area contributed by atoms with Crippen LogP contribution in [0.25, 0.3) is 0 Å². The van der Waals surface area contributed by atoms with Crippen LogP contribution in [-0.4, -0.2) is 26.1 Å². The number of carbonyl (C=O) groups excluding carboxylic acids is 1. The third-order valence-corrected chi connectivity index (χ3v) is 3.21. The smallest absolute Gasteiger partial charge is 0.229 e. The van der Waals surface area contributed by atoms with Gasteiger partial charge in [0.2, 0.25) is 5.91 Å². The summed E-state index contributed by atoms with van der Waals surface area (Å²) in [6.45, 7) is 3.78. The van der Waals surface area contributed by atoms with E-state index in [1.807, 2.05) is 24.3 Å². The molecule has 2 rings (SSSR count). The van der Waals surface area contributed by atoms with E-state index in [0.29, 0.717) is 5.92 Å². The lowest BCUT2D eigenvalue weighted by Gasteiger charge is -2.14. The largest absolute Gasteiger partial charge is 0.497 e. The van der Waals surface area contributed by atoms with Crippen molar-refractivity contribution >= 4 is 11.6 Å². The van der Waals surface area contributed by atoms with Crippen molar-refractivity contribution in [3.63, 3.8) is 0 Å². The van der Waals surface area contributed by atoms with Gasteiger partial charge >= 0.3 is 0 Å². The third kappa shape index (κ3) is 2.77. The molecular weight excluding hydrogens is 216 g/mol. The zero-order valence-electron chi connectivity index (χ0n) is 10.2. The Labute approximate surface area is 101 Å². The molecule has 1 fully saturated rings. The fraction of sp³-hybridized carbons (Fsp3) is 0.462. The van der Waals surface area contributed by atoms with Gasteiger partial charge in [-0.2, -0.15) is 0 Å². The van der Waals surface area contributed by atoms with Crippen LogP contribution >= 0.6 is 0 Å². The van der Waals surface area contributed by atoms with Gasteiger partial charge in [0.05, 0.1) is 13.0 Å². The Bertz CT molecular complexity index is 389. The van der Waals surface area contributed by atoms with Crippen LogP contribution in [0.1, 0.15) is 6.92 Å². The van der Waals surface area contributed by atoms with Gasteiger partial charge in [0, 0.05) is 12.2 Å². The van der Waals surface area contributed by atoms with Gasteiger partial charge in [-0.1, -0.05) is 6.92 Å². The highest BCUT2D eigenvalue weighted by atomic mass is 16.5. The number of anilines is 1. The molecular formula is C13H18N2O2. The number of hydrogen-bond acceptors (Lipinski definition) is 3. The molecule has 0 bridgehead atoms. The van der Waals surface area contributed by atoms with Crippen molar-refractivity contribution in [2.45, 2.75) is 6.92 Å². The van der Waals surface area contributed by atoms with Crippen molar-refractivity contribution in [3.05, 3.63) is 24.3 Å². The van der Waals surface area contributed by atoms with Crippen LogP contribution in [0.2, 0.25) is 0 Å². The second kappa shape index (κ2) is 5.19. The van der Waals surface area contributed by atoms with E-state index < -0.39 is 0 Å². The molecule has 1 saturated heterocycles. The Hall–Kier alpha value is -1.55. The molecule has 0 aliphatic carbocycles. The summed E-state index contributed by atoms with van der Waals surface area (Å²) in [6, 6.07) is 7.38. The van der Waals surface area contributed by atoms with Crippen molar-refractivity contribution in [2.24, 2.45) is 11.8 Å². The zero-order valence-corrected chi connectivity index (χ0v) is 10.2. The van der Waals surface area contributed by atoms with Gasteiger partial charge in [0.15, 0.2) is 0 Å². The average Bonchev–Trinajstić information content (AvgIpc) is 2.76. The Kier molecular flexibility index (Phi) is 3.64. The SMILES string of the molecule is COc1ccc(NC(=O)C2CNCC2C)cc1. The number of benzene rings is 1. The maximum atomic E-state index is 12.0. The molecule has 92 valence electrons. The van der Waals surface area contributed by atoms with Gasteiger partial charge in [-0.15, -0.1) is 0 Å². The van der Waals surface area contributed by atoms with E-state index in [1.54, 1.807) is 7.11 Å². The minimum Gasteiger partial charge on any atom is -0.497 e. The van der Waals surface area contributed by atoms with E-state index in [-0.39, 0.29) is 11.8 Å². The van der Waals surface area contributed by atoms with Gasteiger partial charge in [-0.3, -0.25) is 4.79 Å². The number of hydrogen-bond donors (Lipinski definition) is 2. The van der Waals surface area contributed by atoms with Gasteiger partial charge in [-0.05, 0) is 36.7 Å². The molecule has 2 unspecified atom stereocenters. The molecule has 1 heterocycles. The first-order valence-electron chi connectivity index (χ1n) is 5.86.